The van der Waals surface area contributed by atoms with E-state index in [-0.39, 0.29) is 26.6 Å². The summed E-state index contributed by atoms with van der Waals surface area (Å²) in [7, 11) is -3.10. The van der Waals surface area contributed by atoms with E-state index in [1.54, 1.807) is 4.31 Å². The van der Waals surface area contributed by atoms with Gasteiger partial charge >= 0.3 is 6.03 Å². The first kappa shape index (κ1) is 27.2. The Balaban J connectivity index is 0.00000364. The molecule has 6 nitrogen and oxygen atoms in total. The van der Waals surface area contributed by atoms with Crippen LogP contribution in [0.2, 0.25) is 0 Å². The monoisotopic (exact) mass is 414 g/mol. The highest BCUT2D eigenvalue weighted by Gasteiger charge is 2.27. The number of hydrogen-bond donors (Lipinski definition) is 2. The molecule has 1 saturated heterocycles. The average Bonchev–Trinajstić information content (AvgIpc) is 2.61. The lowest BCUT2D eigenvalue weighted by atomic mass is 9.97. The van der Waals surface area contributed by atoms with Crippen LogP contribution in [0.3, 0.4) is 0 Å². The van der Waals surface area contributed by atoms with Crippen molar-refractivity contribution < 1.29 is 13.2 Å². The van der Waals surface area contributed by atoms with Crippen molar-refractivity contribution in [1.82, 2.24) is 14.9 Å². The molecule has 2 rings (SSSR count). The minimum absolute atomic E-state index is 0. The fourth-order valence-corrected chi connectivity index (χ4v) is 5.43. The summed E-state index contributed by atoms with van der Waals surface area (Å²) in [6.07, 6.45) is 11.4. The van der Waals surface area contributed by atoms with Gasteiger partial charge in [0, 0.05) is 19.6 Å². The number of urea groups is 1. The molecule has 5 radical (unpaired) electrons. The van der Waals surface area contributed by atoms with Crippen LogP contribution >= 0.6 is 0 Å². The molecular weight excluding hydrogens is 374 g/mol. The topological polar surface area (TPSA) is 78.5 Å². The molecule has 0 atom stereocenters. The van der Waals surface area contributed by atoms with Gasteiger partial charge < -0.3 is 10.6 Å². The number of amides is 2. The third-order valence-corrected chi connectivity index (χ3v) is 7.48. The zero-order valence-electron chi connectivity index (χ0n) is 17.7. The Bertz CT molecular complexity index is 509. The number of unbranched alkanes of at least 4 members (excludes halogenated alkanes) is 1. The Kier molecular flexibility index (Phi) is 13.8. The molecule has 0 bridgehead atoms. The van der Waals surface area contributed by atoms with Gasteiger partial charge in [-0.15, -0.1) is 0 Å². The first-order valence-electron chi connectivity index (χ1n) is 10.4. The van der Waals surface area contributed by atoms with E-state index in [1.165, 1.54) is 38.1 Å². The second-order valence-corrected chi connectivity index (χ2v) is 9.81. The Labute approximate surface area is 174 Å². The number of piperidine rings is 1. The SMILES string of the molecule is CCCCS(=O)(=O)N1CCC(CNC(=O)N[C]2CCCCCCC2)CC1.[CH2].[CH2]. The average molecular weight is 415 g/mol. The van der Waals surface area contributed by atoms with Crippen molar-refractivity contribution in [2.45, 2.75) is 77.6 Å². The van der Waals surface area contributed by atoms with E-state index in [1.807, 2.05) is 6.92 Å². The number of carbonyl (C=O) groups excluding carboxylic acids is 1. The minimum Gasteiger partial charge on any atom is -0.338 e. The maximum atomic E-state index is 12.2. The van der Waals surface area contributed by atoms with Crippen LogP contribution in [0.25, 0.3) is 0 Å². The van der Waals surface area contributed by atoms with Gasteiger partial charge in [-0.3, -0.25) is 0 Å². The van der Waals surface area contributed by atoms with Crippen LogP contribution in [-0.2, 0) is 10.0 Å². The lowest BCUT2D eigenvalue weighted by Gasteiger charge is -2.31. The van der Waals surface area contributed by atoms with Crippen molar-refractivity contribution in [3.63, 3.8) is 0 Å². The van der Waals surface area contributed by atoms with Crippen molar-refractivity contribution in [2.75, 3.05) is 25.4 Å². The highest BCUT2D eigenvalue weighted by Crippen LogP contribution is 2.22. The molecule has 1 aliphatic heterocycles. The highest BCUT2D eigenvalue weighted by atomic mass is 32.2. The minimum atomic E-state index is -3.10. The van der Waals surface area contributed by atoms with Gasteiger partial charge in [0.2, 0.25) is 10.0 Å². The normalized spacial score (nSPS) is 20.2. The summed E-state index contributed by atoms with van der Waals surface area (Å²) in [6.45, 7) is 3.80. The molecule has 0 unspecified atom stereocenters. The van der Waals surface area contributed by atoms with Gasteiger partial charge in [-0.05, 0) is 38.0 Å². The molecule has 2 fully saturated rings. The van der Waals surface area contributed by atoms with Gasteiger partial charge in [0.25, 0.3) is 0 Å². The van der Waals surface area contributed by atoms with Crippen LogP contribution in [0.1, 0.15) is 77.6 Å². The Morgan fingerprint density at radius 3 is 2.18 bits per heavy atom. The van der Waals surface area contributed by atoms with Crippen molar-refractivity contribution >= 4 is 16.1 Å². The zero-order chi connectivity index (χ0) is 18.8. The third-order valence-electron chi connectivity index (χ3n) is 5.52. The highest BCUT2D eigenvalue weighted by molar-refractivity contribution is 7.89. The molecule has 1 aliphatic carbocycles. The first-order chi connectivity index (χ1) is 12.5. The Morgan fingerprint density at radius 1 is 1.04 bits per heavy atom. The summed E-state index contributed by atoms with van der Waals surface area (Å²) in [4.78, 5) is 12.1. The maximum Gasteiger partial charge on any atom is 0.315 e. The van der Waals surface area contributed by atoms with Crippen LogP contribution in [0.4, 0.5) is 4.79 Å². The molecule has 0 aromatic rings. The van der Waals surface area contributed by atoms with Crippen LogP contribution < -0.4 is 10.6 Å². The summed E-state index contributed by atoms with van der Waals surface area (Å²) in [6, 6.07) is 1.07. The molecule has 0 spiro atoms. The maximum absolute atomic E-state index is 12.2. The number of nitrogens with one attached hydrogen (secondary N) is 2. The smallest absolute Gasteiger partial charge is 0.315 e. The number of rotatable bonds is 7. The molecule has 0 aromatic carbocycles. The molecule has 7 heteroatoms. The number of carbonyl (C=O) groups is 1. The quantitative estimate of drug-likeness (QED) is 0.659. The van der Waals surface area contributed by atoms with Crippen LogP contribution in [-0.4, -0.2) is 44.1 Å². The standard InChI is InChI=1S/C19H36N3O3S.2CH2/c1-2-3-15-26(24,25)22-13-11-17(12-14-22)16-20-19(23)21-18-9-7-5-4-6-8-10-18;;/h17H,2-16H2,1H3,(H2,20,21,23);2*1H2. The van der Waals surface area contributed by atoms with E-state index < -0.39 is 10.0 Å². The van der Waals surface area contributed by atoms with Gasteiger partial charge in [-0.1, -0.05) is 60.3 Å². The van der Waals surface area contributed by atoms with Crippen molar-refractivity contribution in [3.8, 4) is 0 Å². The van der Waals surface area contributed by atoms with E-state index in [0.717, 1.165) is 38.5 Å². The number of nitrogens with zero attached hydrogens (tertiary/aromatic N) is 1. The Hall–Kier alpha value is -0.820. The molecule has 2 amide bonds. The van der Waals surface area contributed by atoms with Gasteiger partial charge in [0.05, 0.1) is 11.8 Å². The van der Waals surface area contributed by atoms with Crippen molar-refractivity contribution in [3.05, 3.63) is 20.9 Å². The summed E-state index contributed by atoms with van der Waals surface area (Å²) in [5, 5.41) is 6.03. The second-order valence-electron chi connectivity index (χ2n) is 7.72. The van der Waals surface area contributed by atoms with E-state index in [4.69, 9.17) is 0 Å². The summed E-state index contributed by atoms with van der Waals surface area (Å²) < 4.78 is 26.1. The van der Waals surface area contributed by atoms with E-state index in [9.17, 15) is 13.2 Å². The van der Waals surface area contributed by atoms with Gasteiger partial charge in [-0.2, -0.15) is 0 Å². The first-order valence-corrected chi connectivity index (χ1v) is 12.0. The fourth-order valence-electron chi connectivity index (χ4n) is 3.75. The summed E-state index contributed by atoms with van der Waals surface area (Å²) >= 11 is 0. The van der Waals surface area contributed by atoms with Gasteiger partial charge in [-0.25, -0.2) is 17.5 Å². The second kappa shape index (κ2) is 14.2. The predicted molar refractivity (Wildman–Crippen MR) is 116 cm³/mol. The fraction of sp³-hybridized carbons (Fsp3) is 0.810. The molecule has 163 valence electrons. The lowest BCUT2D eigenvalue weighted by Crippen LogP contribution is -2.44. The number of sulfonamides is 1. The predicted octanol–water partition coefficient (Wildman–Crippen LogP) is 4.06. The van der Waals surface area contributed by atoms with E-state index in [0.29, 0.717) is 25.6 Å². The summed E-state index contributed by atoms with van der Waals surface area (Å²) in [5.41, 5.74) is 0. The van der Waals surface area contributed by atoms with Crippen molar-refractivity contribution in [2.24, 2.45) is 5.92 Å². The van der Waals surface area contributed by atoms with Crippen LogP contribution in [0, 0.1) is 26.8 Å². The van der Waals surface area contributed by atoms with E-state index in [2.05, 4.69) is 10.6 Å². The molecular formula is C21H40N3O3S. The molecule has 2 N–H and O–H groups in total. The zero-order valence-corrected chi connectivity index (χ0v) is 18.5. The number of hydrogen-bond acceptors (Lipinski definition) is 3. The van der Waals surface area contributed by atoms with Crippen LogP contribution in [0.5, 0.6) is 0 Å². The van der Waals surface area contributed by atoms with Gasteiger partial charge in [0.1, 0.15) is 0 Å². The Morgan fingerprint density at radius 2 is 1.61 bits per heavy atom. The molecule has 1 heterocycles. The lowest BCUT2D eigenvalue weighted by molar-refractivity contribution is 0.230. The molecule has 2 aliphatic rings. The van der Waals surface area contributed by atoms with Gasteiger partial charge in [0.15, 0.2) is 0 Å². The third kappa shape index (κ3) is 9.59. The van der Waals surface area contributed by atoms with Crippen LogP contribution in [0.15, 0.2) is 0 Å². The van der Waals surface area contributed by atoms with E-state index >= 15 is 0 Å². The molecule has 0 aromatic heterocycles. The largest absolute Gasteiger partial charge is 0.338 e. The molecule has 1 saturated carbocycles. The summed E-state index contributed by atoms with van der Waals surface area (Å²) in [5.74, 6) is 0.619. The van der Waals surface area contributed by atoms with Crippen molar-refractivity contribution in [1.29, 1.82) is 0 Å². The molecule has 28 heavy (non-hydrogen) atoms.